The van der Waals surface area contributed by atoms with Gasteiger partial charge in [-0.3, -0.25) is 38.4 Å². The Hall–Kier alpha value is -9.84. The minimum Gasteiger partial charge on any atom is -0.266 e. The van der Waals surface area contributed by atoms with Crippen molar-refractivity contribution in [3.8, 4) is 0 Å². The fourth-order valence-corrected chi connectivity index (χ4v) is 15.1. The van der Waals surface area contributed by atoms with Gasteiger partial charge < -0.3 is 0 Å². The maximum atomic E-state index is 12.7. The molecule has 4 aliphatic heterocycles. The van der Waals surface area contributed by atoms with E-state index in [1.54, 1.807) is 36.4 Å². The number of imide groups is 4. The highest BCUT2D eigenvalue weighted by molar-refractivity contribution is 7.88. The maximum absolute atomic E-state index is 12.7. The first-order chi connectivity index (χ1) is 55.3. The summed E-state index contributed by atoms with van der Waals surface area (Å²) in [7, 11) is -24.7. The van der Waals surface area contributed by atoms with Gasteiger partial charge in [-0.15, -0.1) is 37.4 Å². The zero-order chi connectivity index (χ0) is 87.0. The lowest BCUT2D eigenvalue weighted by molar-refractivity contribution is -0.0768. The number of nitrogens with zero attached hydrogens (tertiary/aromatic N) is 4. The van der Waals surface area contributed by atoms with Crippen LogP contribution in [-0.4, -0.2) is 123 Å². The molecule has 0 aliphatic carbocycles. The van der Waals surface area contributed by atoms with E-state index < -0.39 is 110 Å². The molecule has 0 bridgehead atoms. The van der Waals surface area contributed by atoms with Gasteiger partial charge in [0.05, 0.1) is 44.5 Å². The van der Waals surface area contributed by atoms with Crippen LogP contribution in [0.1, 0.15) is 248 Å². The number of halogens is 12. The lowest BCUT2D eigenvalue weighted by Gasteiger charge is -2.26. The molecule has 0 spiro atoms. The number of alkyl halides is 12. The Morgan fingerprint density at radius 1 is 0.263 bits per heavy atom. The maximum Gasteiger partial charge on any atom is 0.525 e. The normalized spacial score (nSPS) is 14.6. The number of hydroxylamine groups is 8. The molecule has 118 heavy (non-hydrogen) atoms. The zero-order valence-corrected chi connectivity index (χ0v) is 66.5. The second kappa shape index (κ2) is 37.2. The van der Waals surface area contributed by atoms with Crippen LogP contribution in [0.15, 0.2) is 121 Å². The van der Waals surface area contributed by atoms with E-state index in [4.69, 9.17) is 0 Å². The van der Waals surface area contributed by atoms with Crippen LogP contribution in [0.5, 0.6) is 0 Å². The molecule has 0 saturated heterocycles. The van der Waals surface area contributed by atoms with Crippen LogP contribution in [0.2, 0.25) is 0 Å². The Bertz CT molecular complexity index is 5700. The van der Waals surface area contributed by atoms with Gasteiger partial charge in [0.1, 0.15) is 0 Å². The molecule has 8 aromatic carbocycles. The minimum absolute atomic E-state index is 0.0661. The van der Waals surface area contributed by atoms with Crippen molar-refractivity contribution in [3.63, 3.8) is 0 Å². The molecule has 8 amide bonds. The average Bonchev–Trinajstić information content (AvgIpc) is 0.750. The third-order valence-electron chi connectivity index (χ3n) is 19.2. The van der Waals surface area contributed by atoms with Crippen molar-refractivity contribution in [3.05, 3.63) is 188 Å². The van der Waals surface area contributed by atoms with Crippen molar-refractivity contribution in [2.45, 2.75) is 191 Å². The molecule has 0 fully saturated rings. The Morgan fingerprint density at radius 2 is 0.492 bits per heavy atom. The SMILES string of the molecule is CCCCCCCc1cc2c3c(cccc3c1)C(=O)N(OS(=O)(=O)C(F)(F)F)C2=O.CCCCCCCc1ccc2c3c(cccc13)C(=O)N(OS(=O)(=O)C(F)(F)F)C2=O.CCCCCCc1cc2c3c(cccc3c1)C(=O)N(OS(=O)(=O)C(F)(F)F)C2=O.CCCCCCc1ccc2c3c(cccc13)C(=O)N(OS(=O)(=O)C(F)(F)F)C2=O. The minimum atomic E-state index is -6.18. The number of benzene rings is 8. The smallest absolute Gasteiger partial charge is 0.266 e. The van der Waals surface area contributed by atoms with E-state index in [1.807, 2.05) is 12.1 Å². The Balaban J connectivity index is 0.000000179. The molecule has 0 radical (unpaired) electrons. The second-order valence-corrected chi connectivity index (χ2v) is 33.6. The van der Waals surface area contributed by atoms with Gasteiger partial charge in [0.25, 0.3) is 47.3 Å². The molecular weight excluding hydrogens is 1670 g/mol. The molecule has 24 nitrogen and oxygen atoms in total. The molecule has 0 atom stereocenters. The van der Waals surface area contributed by atoms with Crippen LogP contribution in [0.25, 0.3) is 43.1 Å². The summed E-state index contributed by atoms with van der Waals surface area (Å²) in [4.78, 5) is 101. The molecule has 636 valence electrons. The largest absolute Gasteiger partial charge is 0.525 e. The van der Waals surface area contributed by atoms with Crippen molar-refractivity contribution >= 4 is 131 Å². The van der Waals surface area contributed by atoms with E-state index in [0.717, 1.165) is 144 Å². The third kappa shape index (κ3) is 20.0. The fourth-order valence-electron chi connectivity index (χ4n) is 13.5. The summed E-state index contributed by atoms with van der Waals surface area (Å²) in [5.74, 6) is -10.1. The van der Waals surface area contributed by atoms with Crippen molar-refractivity contribution in [2.75, 3.05) is 0 Å². The molecule has 0 aromatic heterocycles. The molecule has 12 rings (SSSR count). The first kappa shape index (κ1) is 92.0. The van der Waals surface area contributed by atoms with Crippen molar-refractivity contribution in [2.24, 2.45) is 0 Å². The molecule has 0 unspecified atom stereocenters. The molecule has 4 heterocycles. The molecule has 0 N–H and O–H groups in total. The van der Waals surface area contributed by atoms with E-state index in [1.165, 1.54) is 72.8 Å². The van der Waals surface area contributed by atoms with Gasteiger partial charge in [-0.05, 0) is 144 Å². The molecule has 8 aromatic rings. The monoisotopic (exact) mass is 1740 g/mol. The average molecular weight is 1750 g/mol. The van der Waals surface area contributed by atoms with Crippen molar-refractivity contribution in [1.29, 1.82) is 0 Å². The van der Waals surface area contributed by atoms with Gasteiger partial charge in [0.15, 0.2) is 0 Å². The first-order valence-corrected chi connectivity index (χ1v) is 42.7. The lowest BCUT2D eigenvalue weighted by Crippen LogP contribution is -2.44. The van der Waals surface area contributed by atoms with Gasteiger partial charge in [-0.25, -0.2) is 0 Å². The number of carbonyl (C=O) groups is 8. The van der Waals surface area contributed by atoms with E-state index in [0.29, 0.717) is 51.6 Å². The third-order valence-corrected chi connectivity index (χ3v) is 22.9. The van der Waals surface area contributed by atoms with E-state index in [9.17, 15) is 125 Å². The fraction of sp³-hybridized carbons (Fsp3) is 0.385. The lowest BCUT2D eigenvalue weighted by atomic mass is 9.90. The van der Waals surface area contributed by atoms with Gasteiger partial charge in [-0.2, -0.15) is 86.4 Å². The number of carbonyl (C=O) groups excluding carboxylic acids is 8. The quantitative estimate of drug-likeness (QED) is 0.0175. The topological polar surface area (TPSA) is 323 Å². The van der Waals surface area contributed by atoms with E-state index in [-0.39, 0.29) is 75.5 Å². The number of amides is 8. The number of unbranched alkanes of at least 4 members (excludes halogenated alkanes) is 14. The standard InChI is InChI=1S/2C20H20F3NO5S.2C19H18F3NO5S/c1-2-3-4-5-6-8-13-11-14-9-7-10-15-17(14)16(12-13)19(26)24(18(15)25)29-30(27,28)20(21,22)23;1-2-3-4-5-6-8-13-11-12-16-17-14(13)9-7-10-15(17)18(25)24(19(16)26)29-30(27,28)20(21,22)23;1-2-3-4-5-7-12-10-13-8-6-9-14-16(13)15(11-12)18(25)23(17(14)24)28-29(26,27)19(20,21)22;1-2-3-4-5-7-12-10-11-15-16-13(12)8-6-9-14(16)17(24)23(18(15)25)28-29(26,27)19(20,21)22/h2*7,9-12H,2-6,8H2,1H3;2*6,8-11H,2-5,7H2,1H3. The van der Waals surface area contributed by atoms with Crippen LogP contribution in [0, 0.1) is 0 Å². The van der Waals surface area contributed by atoms with E-state index in [2.05, 4.69) is 44.8 Å². The van der Waals surface area contributed by atoms with Gasteiger partial charge >= 0.3 is 62.5 Å². The Kier molecular flexibility index (Phi) is 29.0. The highest BCUT2D eigenvalue weighted by Gasteiger charge is 2.56. The van der Waals surface area contributed by atoms with Gasteiger partial charge in [-0.1, -0.05) is 190 Å². The van der Waals surface area contributed by atoms with Gasteiger partial charge in [0.2, 0.25) is 0 Å². The number of rotatable bonds is 30. The summed E-state index contributed by atoms with van der Waals surface area (Å²) in [5.41, 5.74) is -20.5. The first-order valence-electron chi connectivity index (χ1n) is 37.1. The summed E-state index contributed by atoms with van der Waals surface area (Å²) >= 11 is 0. The number of hydrogen-bond acceptors (Lipinski definition) is 20. The van der Waals surface area contributed by atoms with Crippen LogP contribution in [0.4, 0.5) is 52.7 Å². The van der Waals surface area contributed by atoms with E-state index >= 15 is 0 Å². The summed E-state index contributed by atoms with van der Waals surface area (Å²) in [6, 6.07) is 30.9. The highest BCUT2D eigenvalue weighted by atomic mass is 32.2. The van der Waals surface area contributed by atoms with Crippen LogP contribution >= 0.6 is 0 Å². The second-order valence-electron chi connectivity index (χ2n) is 27.6. The zero-order valence-electron chi connectivity index (χ0n) is 63.2. The van der Waals surface area contributed by atoms with Crippen molar-refractivity contribution < 1.29 is 142 Å². The predicted octanol–water partition coefficient (Wildman–Crippen LogP) is 18.1. The predicted molar refractivity (Wildman–Crippen MR) is 403 cm³/mol. The molecule has 4 aliphatic rings. The number of aryl methyl sites for hydroxylation is 4. The summed E-state index contributed by atoms with van der Waals surface area (Å²) < 4.78 is 258. The van der Waals surface area contributed by atoms with Crippen LogP contribution in [-0.2, 0) is 83.3 Å². The Morgan fingerprint density at radius 3 is 0.763 bits per heavy atom. The molecular formula is C78H76F12N4O20S4. The van der Waals surface area contributed by atoms with Crippen LogP contribution in [0.3, 0.4) is 0 Å². The van der Waals surface area contributed by atoms with Gasteiger partial charge in [0, 0.05) is 21.5 Å². The van der Waals surface area contributed by atoms with Crippen molar-refractivity contribution in [1.82, 2.24) is 20.3 Å². The molecule has 40 heteroatoms. The number of hydrogen-bond donors (Lipinski definition) is 0. The molecule has 0 saturated carbocycles. The highest BCUT2D eigenvalue weighted by Crippen LogP contribution is 2.41. The summed E-state index contributed by atoms with van der Waals surface area (Å²) in [6.45, 7) is 8.38. The summed E-state index contributed by atoms with van der Waals surface area (Å²) in [5, 5.41) is 2.20. The Labute approximate surface area is 668 Å². The van der Waals surface area contributed by atoms with Crippen LogP contribution < -0.4 is 0 Å². The summed E-state index contributed by atoms with van der Waals surface area (Å²) in [6.07, 6.45) is 21.2.